The van der Waals surface area contributed by atoms with Gasteiger partial charge in [0.1, 0.15) is 11.0 Å². The highest BCUT2D eigenvalue weighted by molar-refractivity contribution is 6.30. The summed E-state index contributed by atoms with van der Waals surface area (Å²) in [7, 11) is 0. The Bertz CT molecular complexity index is 793. The highest BCUT2D eigenvalue weighted by atomic mass is 35.5. The van der Waals surface area contributed by atoms with Gasteiger partial charge in [-0.3, -0.25) is 0 Å². The molecule has 2 aromatic heterocycles. The van der Waals surface area contributed by atoms with Gasteiger partial charge in [-0.1, -0.05) is 29.8 Å². The van der Waals surface area contributed by atoms with Gasteiger partial charge in [0.25, 0.3) is 0 Å². The summed E-state index contributed by atoms with van der Waals surface area (Å²) in [6.45, 7) is 4.57. The van der Waals surface area contributed by atoms with Crippen LogP contribution in [0, 0.1) is 19.7 Å². The molecule has 0 radical (unpaired) electrons. The number of fused-ring (bicyclic) bond motifs is 1. The normalized spacial score (nSPS) is 11.2. The van der Waals surface area contributed by atoms with E-state index < -0.39 is 0 Å². The third-order valence-electron chi connectivity index (χ3n) is 3.78. The van der Waals surface area contributed by atoms with Crippen LogP contribution in [0.2, 0.25) is 5.15 Å². The van der Waals surface area contributed by atoms with Gasteiger partial charge in [0.2, 0.25) is 0 Å². The van der Waals surface area contributed by atoms with Crippen molar-refractivity contribution in [1.29, 1.82) is 0 Å². The summed E-state index contributed by atoms with van der Waals surface area (Å²) in [6, 6.07) is 8.70. The average Bonchev–Trinajstić information content (AvgIpc) is 2.66. The Morgan fingerprint density at radius 3 is 2.75 bits per heavy atom. The van der Waals surface area contributed by atoms with Crippen molar-refractivity contribution in [3.05, 3.63) is 64.3 Å². The van der Waals surface area contributed by atoms with Crippen LogP contribution in [0.15, 0.2) is 36.5 Å². The number of benzene rings is 1. The highest BCUT2D eigenvalue weighted by Gasteiger charge is 2.13. The fraction of sp³-hybridized carbons (Fsp3) is 0.188. The van der Waals surface area contributed by atoms with Crippen LogP contribution in [0.5, 0.6) is 0 Å². The van der Waals surface area contributed by atoms with E-state index in [1.54, 1.807) is 18.3 Å². The molecule has 20 heavy (non-hydrogen) atoms. The molecule has 0 N–H and O–H groups in total. The molecule has 1 aromatic carbocycles. The molecule has 3 rings (SSSR count). The first-order chi connectivity index (χ1) is 9.58. The van der Waals surface area contributed by atoms with Gasteiger partial charge < -0.3 is 4.57 Å². The molecule has 0 unspecified atom stereocenters. The van der Waals surface area contributed by atoms with E-state index in [0.29, 0.717) is 17.3 Å². The summed E-state index contributed by atoms with van der Waals surface area (Å²) < 4.78 is 15.9. The van der Waals surface area contributed by atoms with Gasteiger partial charge in [0.15, 0.2) is 0 Å². The van der Waals surface area contributed by atoms with Crippen LogP contribution in [0.25, 0.3) is 10.9 Å². The van der Waals surface area contributed by atoms with E-state index in [1.165, 1.54) is 6.07 Å². The Kier molecular flexibility index (Phi) is 3.22. The van der Waals surface area contributed by atoms with Crippen LogP contribution in [0.4, 0.5) is 4.39 Å². The van der Waals surface area contributed by atoms with E-state index in [4.69, 9.17) is 11.6 Å². The first-order valence-corrected chi connectivity index (χ1v) is 6.80. The van der Waals surface area contributed by atoms with Gasteiger partial charge in [-0.15, -0.1) is 0 Å². The second kappa shape index (κ2) is 4.91. The quantitative estimate of drug-likeness (QED) is 0.635. The number of rotatable bonds is 2. The Balaban J connectivity index is 2.17. The molecule has 3 aromatic rings. The van der Waals surface area contributed by atoms with Crippen molar-refractivity contribution in [3.8, 4) is 0 Å². The Hall–Kier alpha value is -1.87. The SMILES string of the molecule is Cc1c(C)n(Cc2ccccc2F)c2cnc(Cl)cc12. The fourth-order valence-corrected chi connectivity index (χ4v) is 2.67. The Labute approximate surface area is 121 Å². The van der Waals surface area contributed by atoms with Crippen molar-refractivity contribution in [2.75, 3.05) is 0 Å². The van der Waals surface area contributed by atoms with E-state index >= 15 is 0 Å². The van der Waals surface area contributed by atoms with E-state index in [9.17, 15) is 4.39 Å². The van der Waals surface area contributed by atoms with Crippen LogP contribution in [0.1, 0.15) is 16.8 Å². The first-order valence-electron chi connectivity index (χ1n) is 6.42. The number of hydrogen-bond donors (Lipinski definition) is 0. The summed E-state index contributed by atoms with van der Waals surface area (Å²) in [5.74, 6) is -0.187. The number of aryl methyl sites for hydroxylation is 1. The van der Waals surface area contributed by atoms with Gasteiger partial charge in [-0.05, 0) is 31.5 Å². The molecule has 2 heterocycles. The zero-order valence-corrected chi connectivity index (χ0v) is 12.1. The summed E-state index contributed by atoms with van der Waals surface area (Å²) in [5, 5.41) is 1.54. The van der Waals surface area contributed by atoms with E-state index in [-0.39, 0.29) is 5.82 Å². The van der Waals surface area contributed by atoms with Crippen molar-refractivity contribution < 1.29 is 4.39 Å². The molecule has 0 bridgehead atoms. The minimum absolute atomic E-state index is 0.187. The first kappa shape index (κ1) is 13.1. The van der Waals surface area contributed by atoms with Crippen LogP contribution in [0.3, 0.4) is 0 Å². The standard InChI is InChI=1S/C16H14ClFN2/c1-10-11(2)20(9-12-5-3-4-6-14(12)18)15-8-19-16(17)7-13(10)15/h3-8H,9H2,1-2H3. The van der Waals surface area contributed by atoms with Gasteiger partial charge >= 0.3 is 0 Å². The van der Waals surface area contributed by atoms with E-state index in [1.807, 2.05) is 26.0 Å². The topological polar surface area (TPSA) is 17.8 Å². The van der Waals surface area contributed by atoms with Crippen molar-refractivity contribution in [3.63, 3.8) is 0 Å². The maximum atomic E-state index is 13.8. The second-order valence-electron chi connectivity index (χ2n) is 4.91. The molecule has 0 amide bonds. The molecule has 2 nitrogen and oxygen atoms in total. The lowest BCUT2D eigenvalue weighted by Crippen LogP contribution is -2.04. The van der Waals surface area contributed by atoms with E-state index in [0.717, 1.165) is 22.2 Å². The smallest absolute Gasteiger partial charge is 0.129 e. The average molecular weight is 289 g/mol. The van der Waals surface area contributed by atoms with Gasteiger partial charge in [0.05, 0.1) is 18.3 Å². The second-order valence-corrected chi connectivity index (χ2v) is 5.30. The minimum Gasteiger partial charge on any atom is -0.339 e. The lowest BCUT2D eigenvalue weighted by Gasteiger charge is -2.09. The van der Waals surface area contributed by atoms with Crippen molar-refractivity contribution in [1.82, 2.24) is 9.55 Å². The number of nitrogens with zero attached hydrogens (tertiary/aromatic N) is 2. The van der Waals surface area contributed by atoms with E-state index in [2.05, 4.69) is 9.55 Å². The van der Waals surface area contributed by atoms with Gasteiger partial charge in [-0.25, -0.2) is 9.37 Å². The summed E-state index contributed by atoms with van der Waals surface area (Å²) in [5.41, 5.74) is 3.91. The number of pyridine rings is 1. The van der Waals surface area contributed by atoms with Gasteiger partial charge in [0, 0.05) is 16.6 Å². The molecule has 0 fully saturated rings. The number of hydrogen-bond acceptors (Lipinski definition) is 1. The van der Waals surface area contributed by atoms with Crippen molar-refractivity contribution in [2.24, 2.45) is 0 Å². The van der Waals surface area contributed by atoms with Crippen molar-refractivity contribution in [2.45, 2.75) is 20.4 Å². The van der Waals surface area contributed by atoms with Crippen LogP contribution < -0.4 is 0 Å². The maximum absolute atomic E-state index is 13.8. The molecule has 0 spiro atoms. The summed E-state index contributed by atoms with van der Waals surface area (Å²) in [6.07, 6.45) is 1.75. The lowest BCUT2D eigenvalue weighted by molar-refractivity contribution is 0.600. The molecule has 0 aliphatic heterocycles. The predicted octanol–water partition coefficient (Wildman–Crippen LogP) is 4.49. The molecule has 0 aliphatic carbocycles. The summed E-state index contributed by atoms with van der Waals surface area (Å²) in [4.78, 5) is 4.14. The van der Waals surface area contributed by atoms with Gasteiger partial charge in [-0.2, -0.15) is 0 Å². The fourth-order valence-electron chi connectivity index (χ4n) is 2.52. The van der Waals surface area contributed by atoms with Crippen LogP contribution >= 0.6 is 11.6 Å². The van der Waals surface area contributed by atoms with Crippen molar-refractivity contribution >= 4 is 22.5 Å². The van der Waals surface area contributed by atoms with Crippen LogP contribution in [-0.4, -0.2) is 9.55 Å². The Morgan fingerprint density at radius 1 is 1.25 bits per heavy atom. The molecule has 0 atom stereocenters. The van der Waals surface area contributed by atoms with Crippen LogP contribution in [-0.2, 0) is 6.54 Å². The highest BCUT2D eigenvalue weighted by Crippen LogP contribution is 2.27. The molecule has 102 valence electrons. The largest absolute Gasteiger partial charge is 0.339 e. The number of halogens is 2. The lowest BCUT2D eigenvalue weighted by atomic mass is 10.2. The third kappa shape index (κ3) is 2.08. The number of aromatic nitrogens is 2. The third-order valence-corrected chi connectivity index (χ3v) is 3.98. The predicted molar refractivity (Wildman–Crippen MR) is 79.7 cm³/mol. The summed E-state index contributed by atoms with van der Waals surface area (Å²) >= 11 is 5.96. The molecule has 0 saturated heterocycles. The zero-order chi connectivity index (χ0) is 14.3. The Morgan fingerprint density at radius 2 is 2.00 bits per heavy atom. The molecule has 4 heteroatoms. The molecular weight excluding hydrogens is 275 g/mol. The molecule has 0 saturated carbocycles. The monoisotopic (exact) mass is 288 g/mol. The molecule has 0 aliphatic rings. The maximum Gasteiger partial charge on any atom is 0.129 e. The minimum atomic E-state index is -0.187. The zero-order valence-electron chi connectivity index (χ0n) is 11.3. The molecular formula is C16H14ClFN2.